The van der Waals surface area contributed by atoms with Crippen LogP contribution in [-0.4, -0.2) is 7.11 Å². The summed E-state index contributed by atoms with van der Waals surface area (Å²) in [6.45, 7) is 1.93. The third-order valence-corrected chi connectivity index (χ3v) is 3.47. The fourth-order valence-electron chi connectivity index (χ4n) is 1.33. The van der Waals surface area contributed by atoms with Crippen LogP contribution in [0.25, 0.3) is 0 Å². The SMILES string of the molecule is COc1ccc(N)c(Sc2ccoc2C)c1. The van der Waals surface area contributed by atoms with Crippen LogP contribution in [0.3, 0.4) is 0 Å². The van der Waals surface area contributed by atoms with Crippen LogP contribution in [0.4, 0.5) is 5.69 Å². The van der Waals surface area contributed by atoms with Gasteiger partial charge < -0.3 is 14.9 Å². The molecule has 16 heavy (non-hydrogen) atoms. The molecule has 2 N–H and O–H groups in total. The standard InChI is InChI=1S/C12H13NO2S/c1-8-11(5-6-15-8)16-12-7-9(14-2)3-4-10(12)13/h3-7H,13H2,1-2H3. The molecular formula is C12H13NO2S. The highest BCUT2D eigenvalue weighted by molar-refractivity contribution is 7.99. The normalized spacial score (nSPS) is 10.4. The summed E-state index contributed by atoms with van der Waals surface area (Å²) in [6, 6.07) is 7.55. The molecule has 0 unspecified atom stereocenters. The lowest BCUT2D eigenvalue weighted by Crippen LogP contribution is -1.90. The molecule has 3 nitrogen and oxygen atoms in total. The maximum absolute atomic E-state index is 5.90. The first kappa shape index (κ1) is 11.0. The number of hydrogen-bond acceptors (Lipinski definition) is 4. The molecule has 0 atom stereocenters. The molecule has 0 saturated carbocycles. The minimum atomic E-state index is 0.742. The molecule has 1 aromatic carbocycles. The maximum atomic E-state index is 5.90. The highest BCUT2D eigenvalue weighted by atomic mass is 32.2. The topological polar surface area (TPSA) is 48.4 Å². The number of benzene rings is 1. The van der Waals surface area contributed by atoms with Crippen LogP contribution in [0.5, 0.6) is 5.75 Å². The number of furan rings is 1. The van der Waals surface area contributed by atoms with Crippen molar-refractivity contribution in [2.75, 3.05) is 12.8 Å². The van der Waals surface area contributed by atoms with E-state index in [4.69, 9.17) is 14.9 Å². The van der Waals surface area contributed by atoms with Gasteiger partial charge in [0.05, 0.1) is 18.3 Å². The van der Waals surface area contributed by atoms with Crippen LogP contribution >= 0.6 is 11.8 Å². The Balaban J connectivity index is 2.30. The lowest BCUT2D eigenvalue weighted by atomic mass is 10.3. The highest BCUT2D eigenvalue weighted by Gasteiger charge is 2.07. The van der Waals surface area contributed by atoms with Crippen LogP contribution in [0.2, 0.25) is 0 Å². The van der Waals surface area contributed by atoms with Gasteiger partial charge >= 0.3 is 0 Å². The Morgan fingerprint density at radius 2 is 2.06 bits per heavy atom. The summed E-state index contributed by atoms with van der Waals surface area (Å²) in [5.41, 5.74) is 6.65. The molecule has 0 bridgehead atoms. The van der Waals surface area contributed by atoms with E-state index < -0.39 is 0 Å². The Morgan fingerprint density at radius 1 is 1.25 bits per heavy atom. The molecule has 0 aliphatic carbocycles. The summed E-state index contributed by atoms with van der Waals surface area (Å²) in [7, 11) is 1.64. The van der Waals surface area contributed by atoms with Crippen LogP contribution < -0.4 is 10.5 Å². The number of methoxy groups -OCH3 is 1. The molecule has 84 valence electrons. The Bertz CT molecular complexity index is 494. The zero-order chi connectivity index (χ0) is 11.5. The zero-order valence-corrected chi connectivity index (χ0v) is 10.0. The van der Waals surface area contributed by atoms with Gasteiger partial charge in [0.1, 0.15) is 11.5 Å². The van der Waals surface area contributed by atoms with Crippen molar-refractivity contribution in [2.45, 2.75) is 16.7 Å². The summed E-state index contributed by atoms with van der Waals surface area (Å²) in [5.74, 6) is 1.70. The molecule has 4 heteroatoms. The number of ether oxygens (including phenoxy) is 1. The lowest BCUT2D eigenvalue weighted by Gasteiger charge is -2.06. The van der Waals surface area contributed by atoms with E-state index in [9.17, 15) is 0 Å². The fraction of sp³-hybridized carbons (Fsp3) is 0.167. The van der Waals surface area contributed by atoms with E-state index in [1.807, 2.05) is 31.2 Å². The zero-order valence-electron chi connectivity index (χ0n) is 9.19. The first-order valence-electron chi connectivity index (χ1n) is 4.86. The number of anilines is 1. The van der Waals surface area contributed by atoms with Gasteiger partial charge in [-0.3, -0.25) is 0 Å². The van der Waals surface area contributed by atoms with E-state index in [1.54, 1.807) is 25.1 Å². The predicted molar refractivity (Wildman–Crippen MR) is 65.0 cm³/mol. The van der Waals surface area contributed by atoms with Crippen molar-refractivity contribution in [2.24, 2.45) is 0 Å². The Hall–Kier alpha value is -1.55. The molecule has 2 rings (SSSR count). The lowest BCUT2D eigenvalue weighted by molar-refractivity contribution is 0.414. The van der Waals surface area contributed by atoms with Gasteiger partial charge in [0, 0.05) is 10.6 Å². The van der Waals surface area contributed by atoms with Gasteiger partial charge in [-0.25, -0.2) is 0 Å². The smallest absolute Gasteiger partial charge is 0.120 e. The van der Waals surface area contributed by atoms with Crippen LogP contribution in [-0.2, 0) is 0 Å². The minimum absolute atomic E-state index is 0.742. The van der Waals surface area contributed by atoms with Gasteiger partial charge in [-0.1, -0.05) is 11.8 Å². The molecule has 0 spiro atoms. The molecule has 2 aromatic rings. The second kappa shape index (κ2) is 4.53. The monoisotopic (exact) mass is 235 g/mol. The van der Waals surface area contributed by atoms with Crippen molar-refractivity contribution in [3.05, 3.63) is 36.3 Å². The van der Waals surface area contributed by atoms with E-state index >= 15 is 0 Å². The summed E-state index contributed by atoms with van der Waals surface area (Å²) < 4.78 is 10.4. The highest BCUT2D eigenvalue weighted by Crippen LogP contribution is 2.36. The third kappa shape index (κ3) is 2.17. The Kier molecular flexibility index (Phi) is 3.10. The number of hydrogen-bond donors (Lipinski definition) is 1. The molecule has 0 fully saturated rings. The van der Waals surface area contributed by atoms with Gasteiger partial charge in [0.15, 0.2) is 0 Å². The van der Waals surface area contributed by atoms with Crippen molar-refractivity contribution >= 4 is 17.4 Å². The molecule has 0 saturated heterocycles. The fourth-order valence-corrected chi connectivity index (χ4v) is 2.24. The Labute approximate surface area is 98.6 Å². The molecule has 0 aliphatic rings. The van der Waals surface area contributed by atoms with Crippen molar-refractivity contribution in [3.8, 4) is 5.75 Å². The number of aryl methyl sites for hydroxylation is 1. The number of nitrogen functional groups attached to an aromatic ring is 1. The molecular weight excluding hydrogens is 222 g/mol. The maximum Gasteiger partial charge on any atom is 0.120 e. The van der Waals surface area contributed by atoms with E-state index in [2.05, 4.69) is 0 Å². The summed E-state index contributed by atoms with van der Waals surface area (Å²) in [5, 5.41) is 0. The van der Waals surface area contributed by atoms with E-state index in [1.165, 1.54) is 0 Å². The van der Waals surface area contributed by atoms with Gasteiger partial charge in [-0.2, -0.15) is 0 Å². The second-order valence-corrected chi connectivity index (χ2v) is 4.43. The molecule has 0 aliphatic heterocycles. The summed E-state index contributed by atoms with van der Waals surface area (Å²) >= 11 is 1.58. The largest absolute Gasteiger partial charge is 0.497 e. The van der Waals surface area contributed by atoms with Crippen LogP contribution in [0.15, 0.2) is 44.7 Å². The van der Waals surface area contributed by atoms with Gasteiger partial charge in [0.2, 0.25) is 0 Å². The van der Waals surface area contributed by atoms with Crippen molar-refractivity contribution in [1.82, 2.24) is 0 Å². The van der Waals surface area contributed by atoms with Gasteiger partial charge in [-0.15, -0.1) is 0 Å². The average Bonchev–Trinajstić information content (AvgIpc) is 2.68. The average molecular weight is 235 g/mol. The van der Waals surface area contributed by atoms with E-state index in [0.29, 0.717) is 0 Å². The molecule has 1 aromatic heterocycles. The van der Waals surface area contributed by atoms with Gasteiger partial charge in [-0.05, 0) is 31.2 Å². The van der Waals surface area contributed by atoms with Crippen molar-refractivity contribution < 1.29 is 9.15 Å². The molecule has 0 amide bonds. The number of rotatable bonds is 3. The van der Waals surface area contributed by atoms with Crippen molar-refractivity contribution in [3.63, 3.8) is 0 Å². The third-order valence-electron chi connectivity index (χ3n) is 2.25. The number of nitrogens with two attached hydrogens (primary N) is 1. The Morgan fingerprint density at radius 3 is 2.69 bits per heavy atom. The minimum Gasteiger partial charge on any atom is -0.497 e. The van der Waals surface area contributed by atoms with Gasteiger partial charge in [0.25, 0.3) is 0 Å². The van der Waals surface area contributed by atoms with Crippen LogP contribution in [0.1, 0.15) is 5.76 Å². The first-order valence-corrected chi connectivity index (χ1v) is 5.68. The van der Waals surface area contributed by atoms with Crippen LogP contribution in [0, 0.1) is 6.92 Å². The molecule has 1 heterocycles. The van der Waals surface area contributed by atoms with E-state index in [0.717, 1.165) is 27.0 Å². The quantitative estimate of drug-likeness (QED) is 0.829. The summed E-state index contributed by atoms with van der Waals surface area (Å²) in [6.07, 6.45) is 1.67. The molecule has 0 radical (unpaired) electrons. The first-order chi connectivity index (χ1) is 7.70. The predicted octanol–water partition coefficient (Wildman–Crippen LogP) is 3.33. The van der Waals surface area contributed by atoms with E-state index in [-0.39, 0.29) is 0 Å². The summed E-state index contributed by atoms with van der Waals surface area (Å²) in [4.78, 5) is 2.05. The van der Waals surface area contributed by atoms with Crippen molar-refractivity contribution in [1.29, 1.82) is 0 Å². The second-order valence-electron chi connectivity index (χ2n) is 3.35.